The number of aromatic hydroxyl groups is 1. The summed E-state index contributed by atoms with van der Waals surface area (Å²) in [6.45, 7) is 0. The summed E-state index contributed by atoms with van der Waals surface area (Å²) >= 11 is 0. The second-order valence-corrected chi connectivity index (χ2v) is 4.11. The maximum absolute atomic E-state index is 12.7. The summed E-state index contributed by atoms with van der Waals surface area (Å²) in [5.41, 5.74) is -0.950. The molecule has 3 nitrogen and oxygen atoms in total. The van der Waals surface area contributed by atoms with Gasteiger partial charge in [-0.3, -0.25) is 0 Å². The molecular formula is C14H9F3O3. The van der Waals surface area contributed by atoms with E-state index in [1.54, 1.807) is 0 Å². The average Bonchev–Trinajstić information content (AvgIpc) is 2.37. The minimum Gasteiger partial charge on any atom is -0.508 e. The Morgan fingerprint density at radius 1 is 1.05 bits per heavy atom. The van der Waals surface area contributed by atoms with E-state index in [-0.39, 0.29) is 22.4 Å². The van der Waals surface area contributed by atoms with E-state index in [1.165, 1.54) is 18.2 Å². The van der Waals surface area contributed by atoms with E-state index in [2.05, 4.69) is 0 Å². The lowest BCUT2D eigenvalue weighted by Crippen LogP contribution is -2.05. The number of aromatic carboxylic acids is 1. The summed E-state index contributed by atoms with van der Waals surface area (Å²) in [4.78, 5) is 11.1. The molecule has 2 N–H and O–H groups in total. The Bertz CT molecular complexity index is 663. The monoisotopic (exact) mass is 282 g/mol. The summed E-state index contributed by atoms with van der Waals surface area (Å²) < 4.78 is 38.0. The Balaban J connectivity index is 2.62. The number of hydrogen-bond acceptors (Lipinski definition) is 2. The minimum absolute atomic E-state index is 0.0311. The maximum atomic E-state index is 12.7. The van der Waals surface area contributed by atoms with Crippen LogP contribution in [0.15, 0.2) is 42.5 Å². The predicted octanol–water partition coefficient (Wildman–Crippen LogP) is 3.78. The first-order valence-corrected chi connectivity index (χ1v) is 5.53. The Labute approximate surface area is 111 Å². The molecule has 104 valence electrons. The molecule has 0 aliphatic heterocycles. The highest BCUT2D eigenvalue weighted by Crippen LogP contribution is 2.34. The van der Waals surface area contributed by atoms with Crippen LogP contribution in [0.25, 0.3) is 11.1 Å². The predicted molar refractivity (Wildman–Crippen MR) is 65.5 cm³/mol. The molecule has 0 radical (unpaired) electrons. The minimum atomic E-state index is -4.52. The topological polar surface area (TPSA) is 57.5 Å². The molecule has 0 spiro atoms. The van der Waals surface area contributed by atoms with Gasteiger partial charge in [-0.25, -0.2) is 4.79 Å². The Kier molecular flexibility index (Phi) is 3.40. The van der Waals surface area contributed by atoms with E-state index in [1.807, 2.05) is 0 Å². The molecule has 0 fully saturated rings. The van der Waals surface area contributed by atoms with Gasteiger partial charge in [0.2, 0.25) is 0 Å². The first-order chi connectivity index (χ1) is 9.29. The van der Waals surface area contributed by atoms with Crippen LogP contribution in [-0.4, -0.2) is 16.2 Å². The van der Waals surface area contributed by atoms with Crippen molar-refractivity contribution in [2.45, 2.75) is 6.18 Å². The van der Waals surface area contributed by atoms with E-state index in [9.17, 15) is 23.1 Å². The second-order valence-electron chi connectivity index (χ2n) is 4.11. The molecule has 2 aromatic rings. The van der Waals surface area contributed by atoms with Gasteiger partial charge in [0.15, 0.2) is 0 Å². The summed E-state index contributed by atoms with van der Waals surface area (Å²) in [6, 6.07) is 7.73. The molecular weight excluding hydrogens is 273 g/mol. The van der Waals surface area contributed by atoms with Crippen LogP contribution in [0.3, 0.4) is 0 Å². The van der Waals surface area contributed by atoms with Crippen molar-refractivity contribution in [3.63, 3.8) is 0 Å². The zero-order valence-electron chi connectivity index (χ0n) is 9.98. The number of carbonyl (C=O) groups is 1. The van der Waals surface area contributed by atoms with Crippen molar-refractivity contribution in [1.82, 2.24) is 0 Å². The number of alkyl halides is 3. The van der Waals surface area contributed by atoms with E-state index in [4.69, 9.17) is 5.11 Å². The number of rotatable bonds is 2. The summed E-state index contributed by atoms with van der Waals surface area (Å²) in [5, 5.41) is 18.4. The van der Waals surface area contributed by atoms with Gasteiger partial charge in [-0.15, -0.1) is 0 Å². The Morgan fingerprint density at radius 2 is 1.75 bits per heavy atom. The smallest absolute Gasteiger partial charge is 0.416 e. The van der Waals surface area contributed by atoms with Gasteiger partial charge in [0.05, 0.1) is 11.1 Å². The third kappa shape index (κ3) is 2.74. The molecule has 20 heavy (non-hydrogen) atoms. The van der Waals surface area contributed by atoms with Crippen molar-refractivity contribution in [2.75, 3.05) is 0 Å². The lowest BCUT2D eigenvalue weighted by atomic mass is 9.97. The van der Waals surface area contributed by atoms with Crippen molar-refractivity contribution in [3.05, 3.63) is 53.6 Å². The molecule has 0 saturated carbocycles. The quantitative estimate of drug-likeness (QED) is 0.881. The standard InChI is InChI=1S/C14H9F3O3/c15-14(16,17)9-3-1-2-8(6-9)12-7-10(18)4-5-11(12)13(19)20/h1-7,18H,(H,19,20). The van der Waals surface area contributed by atoms with Gasteiger partial charge in [0.1, 0.15) is 5.75 Å². The van der Waals surface area contributed by atoms with Crippen LogP contribution < -0.4 is 0 Å². The molecule has 0 bridgehead atoms. The first kappa shape index (κ1) is 13.9. The summed E-state index contributed by atoms with van der Waals surface area (Å²) in [6.07, 6.45) is -4.52. The highest BCUT2D eigenvalue weighted by molar-refractivity contribution is 5.96. The zero-order chi connectivity index (χ0) is 14.9. The number of phenolic OH excluding ortho intramolecular Hbond substituents is 1. The molecule has 0 amide bonds. The molecule has 0 aliphatic rings. The maximum Gasteiger partial charge on any atom is 0.416 e. The van der Waals surface area contributed by atoms with E-state index in [0.29, 0.717) is 0 Å². The van der Waals surface area contributed by atoms with Gasteiger partial charge in [0, 0.05) is 0 Å². The van der Waals surface area contributed by atoms with Gasteiger partial charge < -0.3 is 10.2 Å². The van der Waals surface area contributed by atoms with Crippen molar-refractivity contribution in [1.29, 1.82) is 0 Å². The van der Waals surface area contributed by atoms with Crippen LogP contribution >= 0.6 is 0 Å². The second kappa shape index (κ2) is 4.88. The third-order valence-corrected chi connectivity index (χ3v) is 2.73. The van der Waals surface area contributed by atoms with Crippen molar-refractivity contribution in [3.8, 4) is 16.9 Å². The SMILES string of the molecule is O=C(O)c1ccc(O)cc1-c1cccc(C(F)(F)F)c1. The molecule has 6 heteroatoms. The lowest BCUT2D eigenvalue weighted by molar-refractivity contribution is -0.137. The Morgan fingerprint density at radius 3 is 2.35 bits per heavy atom. The summed E-state index contributed by atoms with van der Waals surface area (Å²) in [5.74, 6) is -1.50. The first-order valence-electron chi connectivity index (χ1n) is 5.53. The number of hydrogen-bond donors (Lipinski definition) is 2. The Hall–Kier alpha value is -2.50. The van der Waals surface area contributed by atoms with E-state index in [0.717, 1.165) is 24.3 Å². The largest absolute Gasteiger partial charge is 0.508 e. The van der Waals surface area contributed by atoms with Crippen LogP contribution in [0, 0.1) is 0 Å². The van der Waals surface area contributed by atoms with Crippen molar-refractivity contribution < 1.29 is 28.2 Å². The highest BCUT2D eigenvalue weighted by atomic mass is 19.4. The molecule has 0 saturated heterocycles. The van der Waals surface area contributed by atoms with Crippen LogP contribution in [-0.2, 0) is 6.18 Å². The van der Waals surface area contributed by atoms with E-state index >= 15 is 0 Å². The number of phenols is 1. The molecule has 0 aromatic heterocycles. The van der Waals surface area contributed by atoms with Gasteiger partial charge in [-0.1, -0.05) is 12.1 Å². The molecule has 2 rings (SSSR count). The normalized spacial score (nSPS) is 11.3. The van der Waals surface area contributed by atoms with E-state index < -0.39 is 17.7 Å². The van der Waals surface area contributed by atoms with Crippen molar-refractivity contribution >= 4 is 5.97 Å². The lowest BCUT2D eigenvalue weighted by Gasteiger charge is -2.11. The number of halogens is 3. The third-order valence-electron chi connectivity index (χ3n) is 2.73. The van der Waals surface area contributed by atoms with Gasteiger partial charge in [-0.2, -0.15) is 13.2 Å². The number of carboxylic acids is 1. The van der Waals surface area contributed by atoms with Crippen LogP contribution in [0.2, 0.25) is 0 Å². The van der Waals surface area contributed by atoms with Gasteiger partial charge in [0.25, 0.3) is 0 Å². The molecule has 2 aromatic carbocycles. The van der Waals surface area contributed by atoms with Crippen molar-refractivity contribution in [2.24, 2.45) is 0 Å². The molecule has 0 heterocycles. The van der Waals surface area contributed by atoms with Crippen LogP contribution in [0.5, 0.6) is 5.75 Å². The molecule has 0 atom stereocenters. The average molecular weight is 282 g/mol. The summed E-state index contributed by atoms with van der Waals surface area (Å²) in [7, 11) is 0. The zero-order valence-corrected chi connectivity index (χ0v) is 9.98. The fraction of sp³-hybridized carbons (Fsp3) is 0.0714. The van der Waals surface area contributed by atoms with Gasteiger partial charge >= 0.3 is 12.1 Å². The fourth-order valence-electron chi connectivity index (χ4n) is 1.82. The van der Waals surface area contributed by atoms with Gasteiger partial charge in [-0.05, 0) is 41.5 Å². The highest BCUT2D eigenvalue weighted by Gasteiger charge is 2.30. The molecule has 0 unspecified atom stereocenters. The van der Waals surface area contributed by atoms with Crippen LogP contribution in [0.4, 0.5) is 13.2 Å². The number of benzene rings is 2. The fourth-order valence-corrected chi connectivity index (χ4v) is 1.82. The number of carboxylic acid groups (broad SMARTS) is 1. The molecule has 0 aliphatic carbocycles. The van der Waals surface area contributed by atoms with Crippen LogP contribution in [0.1, 0.15) is 15.9 Å².